The van der Waals surface area contributed by atoms with Gasteiger partial charge in [0.25, 0.3) is 0 Å². The first-order valence-corrected chi connectivity index (χ1v) is 13.2. The van der Waals surface area contributed by atoms with Gasteiger partial charge in [0.1, 0.15) is 17.6 Å². The lowest BCUT2D eigenvalue weighted by Crippen LogP contribution is -2.14. The van der Waals surface area contributed by atoms with Crippen LogP contribution in [0.3, 0.4) is 0 Å². The number of aromatic nitrogens is 4. The maximum atomic E-state index is 13.8. The molecule has 3 N–H and O–H groups in total. The third kappa shape index (κ3) is 5.56. The third-order valence-corrected chi connectivity index (χ3v) is 6.87. The SMILES string of the molecule is CC(C)n1cc([C@@H](Nc2cc(Cl)cc3c(Nc4ccc(F)c(Cl)c4)c(C#N)cnc23)c2cccc(CO)c2)nn1. The summed E-state index contributed by atoms with van der Waals surface area (Å²) in [6.07, 6.45) is 3.33. The lowest BCUT2D eigenvalue weighted by Gasteiger charge is -2.21. The van der Waals surface area contributed by atoms with E-state index in [1.165, 1.54) is 24.4 Å². The van der Waals surface area contributed by atoms with Crippen LogP contribution in [-0.2, 0) is 6.61 Å². The number of rotatable bonds is 8. The molecule has 0 spiro atoms. The minimum absolute atomic E-state index is 0.0512. The number of hydrogen-bond donors (Lipinski definition) is 3. The number of halogens is 3. The van der Waals surface area contributed by atoms with Crippen LogP contribution < -0.4 is 10.6 Å². The highest BCUT2D eigenvalue weighted by atomic mass is 35.5. The first-order valence-electron chi connectivity index (χ1n) is 12.4. The van der Waals surface area contributed by atoms with Crippen LogP contribution in [0.1, 0.15) is 48.3 Å². The van der Waals surface area contributed by atoms with Gasteiger partial charge in [-0.3, -0.25) is 4.98 Å². The molecule has 40 heavy (non-hydrogen) atoms. The van der Waals surface area contributed by atoms with E-state index in [0.29, 0.717) is 38.7 Å². The fourth-order valence-electron chi connectivity index (χ4n) is 4.34. The Kier molecular flexibility index (Phi) is 7.85. The van der Waals surface area contributed by atoms with Gasteiger partial charge in [0, 0.05) is 28.3 Å². The van der Waals surface area contributed by atoms with Crippen LogP contribution >= 0.6 is 23.2 Å². The predicted molar refractivity (Wildman–Crippen MR) is 154 cm³/mol. The van der Waals surface area contributed by atoms with E-state index in [4.69, 9.17) is 23.2 Å². The summed E-state index contributed by atoms with van der Waals surface area (Å²) in [6.45, 7) is 3.91. The second kappa shape index (κ2) is 11.5. The van der Waals surface area contributed by atoms with Crippen molar-refractivity contribution >= 4 is 51.2 Å². The Hall–Kier alpha value is -4.23. The molecule has 0 fully saturated rings. The van der Waals surface area contributed by atoms with Crippen molar-refractivity contribution in [1.29, 1.82) is 5.26 Å². The second-order valence-corrected chi connectivity index (χ2v) is 10.3. The van der Waals surface area contributed by atoms with Gasteiger partial charge >= 0.3 is 0 Å². The molecule has 0 aliphatic rings. The number of fused-ring (bicyclic) bond motifs is 1. The van der Waals surface area contributed by atoms with E-state index in [9.17, 15) is 14.8 Å². The Labute approximate surface area is 240 Å². The number of nitrogens with zero attached hydrogens (tertiary/aromatic N) is 5. The molecule has 2 aromatic heterocycles. The number of pyridine rings is 1. The molecular formula is C29H24Cl2FN7O. The van der Waals surface area contributed by atoms with Gasteiger partial charge in [-0.05, 0) is 55.3 Å². The number of hydrogen-bond acceptors (Lipinski definition) is 7. The number of nitrogens with one attached hydrogen (secondary N) is 2. The second-order valence-electron chi connectivity index (χ2n) is 9.46. The Bertz CT molecular complexity index is 1750. The number of aliphatic hydroxyl groups excluding tert-OH is 1. The van der Waals surface area contributed by atoms with E-state index in [-0.39, 0.29) is 23.2 Å². The molecule has 1 atom stereocenters. The molecule has 0 saturated carbocycles. The van der Waals surface area contributed by atoms with Crippen molar-refractivity contribution in [3.63, 3.8) is 0 Å². The van der Waals surface area contributed by atoms with Crippen molar-refractivity contribution in [3.8, 4) is 6.07 Å². The fraction of sp³-hybridized carbons (Fsp3) is 0.172. The Morgan fingerprint density at radius 2 is 1.95 bits per heavy atom. The Balaban J connectivity index is 1.64. The van der Waals surface area contributed by atoms with Crippen molar-refractivity contribution in [1.82, 2.24) is 20.0 Å². The average Bonchev–Trinajstić information content (AvgIpc) is 3.44. The summed E-state index contributed by atoms with van der Waals surface area (Å²) in [5, 5.41) is 35.9. The summed E-state index contributed by atoms with van der Waals surface area (Å²) in [6, 6.07) is 17.0. The van der Waals surface area contributed by atoms with Gasteiger partial charge in [-0.1, -0.05) is 52.7 Å². The number of nitriles is 1. The first kappa shape index (κ1) is 27.3. The third-order valence-electron chi connectivity index (χ3n) is 6.37. The molecule has 0 aliphatic carbocycles. The highest BCUT2D eigenvalue weighted by Gasteiger charge is 2.22. The average molecular weight is 576 g/mol. The fourth-order valence-corrected chi connectivity index (χ4v) is 4.74. The van der Waals surface area contributed by atoms with Crippen molar-refractivity contribution < 1.29 is 9.50 Å². The summed E-state index contributed by atoms with van der Waals surface area (Å²) in [7, 11) is 0. The monoisotopic (exact) mass is 575 g/mol. The van der Waals surface area contributed by atoms with Crippen LogP contribution in [-0.4, -0.2) is 25.1 Å². The zero-order valence-corrected chi connectivity index (χ0v) is 23.0. The van der Waals surface area contributed by atoms with E-state index in [1.54, 1.807) is 16.8 Å². The molecule has 0 unspecified atom stereocenters. The van der Waals surface area contributed by atoms with Gasteiger partial charge in [0.05, 0.1) is 46.3 Å². The molecule has 0 radical (unpaired) electrons. The Morgan fingerprint density at radius 1 is 1.12 bits per heavy atom. The molecular weight excluding hydrogens is 552 g/mol. The lowest BCUT2D eigenvalue weighted by molar-refractivity contribution is 0.281. The van der Waals surface area contributed by atoms with Gasteiger partial charge in [-0.25, -0.2) is 9.07 Å². The molecule has 202 valence electrons. The molecule has 5 rings (SSSR count). The number of aliphatic hydroxyl groups is 1. The molecule has 0 bridgehead atoms. The highest BCUT2D eigenvalue weighted by molar-refractivity contribution is 6.32. The van der Waals surface area contributed by atoms with E-state index >= 15 is 0 Å². The quantitative estimate of drug-likeness (QED) is 0.180. The minimum Gasteiger partial charge on any atom is -0.392 e. The molecule has 2 heterocycles. The zero-order valence-electron chi connectivity index (χ0n) is 21.5. The van der Waals surface area contributed by atoms with Crippen LogP contribution in [0, 0.1) is 17.1 Å². The van der Waals surface area contributed by atoms with Crippen LogP contribution in [0.5, 0.6) is 0 Å². The smallest absolute Gasteiger partial charge is 0.141 e. The van der Waals surface area contributed by atoms with E-state index in [2.05, 4.69) is 32.0 Å². The summed E-state index contributed by atoms with van der Waals surface area (Å²) < 4.78 is 15.5. The maximum absolute atomic E-state index is 13.8. The topological polar surface area (TPSA) is 112 Å². The lowest BCUT2D eigenvalue weighted by atomic mass is 10.0. The van der Waals surface area contributed by atoms with Gasteiger partial charge in [0.2, 0.25) is 0 Å². The minimum atomic E-state index is -0.549. The molecule has 0 saturated heterocycles. The van der Waals surface area contributed by atoms with Crippen LogP contribution in [0.15, 0.2) is 67.0 Å². The van der Waals surface area contributed by atoms with Crippen molar-refractivity contribution in [2.24, 2.45) is 0 Å². The molecule has 0 aliphatic heterocycles. The van der Waals surface area contributed by atoms with E-state index in [1.807, 2.05) is 44.3 Å². The van der Waals surface area contributed by atoms with Crippen LogP contribution in [0.2, 0.25) is 10.0 Å². The molecule has 8 nitrogen and oxygen atoms in total. The molecule has 5 aromatic rings. The molecule has 0 amide bonds. The van der Waals surface area contributed by atoms with E-state index in [0.717, 1.165) is 11.1 Å². The molecule has 11 heteroatoms. The van der Waals surface area contributed by atoms with Gasteiger partial charge in [-0.15, -0.1) is 5.10 Å². The van der Waals surface area contributed by atoms with Gasteiger partial charge in [0.15, 0.2) is 0 Å². The standard InChI is InChI=1S/C29H24Cl2FN7O/c1-16(2)39-14-26(37-38-39)28(18-5-3-4-17(8-18)15-40)36-25-10-20(30)9-22-27(19(12-33)13-34-29(22)25)35-21-6-7-24(32)23(31)11-21/h3-11,13-14,16,28,36,40H,15H2,1-2H3,(H,34,35)/t28-/m0/s1. The Morgan fingerprint density at radius 3 is 2.65 bits per heavy atom. The summed E-state index contributed by atoms with van der Waals surface area (Å²) >= 11 is 12.6. The highest BCUT2D eigenvalue weighted by Crippen LogP contribution is 2.38. The van der Waals surface area contributed by atoms with E-state index < -0.39 is 11.9 Å². The van der Waals surface area contributed by atoms with Crippen LogP contribution in [0.4, 0.5) is 21.5 Å². The number of benzene rings is 3. The summed E-state index contributed by atoms with van der Waals surface area (Å²) in [5.41, 5.74) is 4.60. The molecule has 3 aromatic carbocycles. The van der Waals surface area contributed by atoms with Crippen molar-refractivity contribution in [3.05, 3.63) is 105 Å². The predicted octanol–water partition coefficient (Wildman–Crippen LogP) is 7.16. The summed E-state index contributed by atoms with van der Waals surface area (Å²) in [5.74, 6) is -0.549. The van der Waals surface area contributed by atoms with Gasteiger partial charge in [-0.2, -0.15) is 5.26 Å². The zero-order chi connectivity index (χ0) is 28.4. The normalized spacial score (nSPS) is 11.9. The maximum Gasteiger partial charge on any atom is 0.141 e. The van der Waals surface area contributed by atoms with Crippen molar-refractivity contribution in [2.75, 3.05) is 10.6 Å². The number of anilines is 3. The first-order chi connectivity index (χ1) is 19.3. The summed E-state index contributed by atoms with van der Waals surface area (Å²) in [4.78, 5) is 4.58. The van der Waals surface area contributed by atoms with Crippen LogP contribution in [0.25, 0.3) is 10.9 Å². The largest absolute Gasteiger partial charge is 0.392 e. The van der Waals surface area contributed by atoms with Gasteiger partial charge < -0.3 is 15.7 Å². The van der Waals surface area contributed by atoms with Crippen molar-refractivity contribution in [2.45, 2.75) is 32.5 Å².